The number of nitrogens with zero attached hydrogens (tertiary/aromatic N) is 1. The lowest BCUT2D eigenvalue weighted by molar-refractivity contribution is -0.132. The second-order valence-electron chi connectivity index (χ2n) is 5.10. The van der Waals surface area contributed by atoms with Crippen LogP contribution < -0.4 is 15.2 Å². The highest BCUT2D eigenvalue weighted by Crippen LogP contribution is 2.31. The molecule has 0 saturated carbocycles. The van der Waals surface area contributed by atoms with Crippen LogP contribution in [0.15, 0.2) is 18.2 Å². The van der Waals surface area contributed by atoms with Crippen LogP contribution in [0, 0.1) is 0 Å². The van der Waals surface area contributed by atoms with E-state index in [-0.39, 0.29) is 5.91 Å². The lowest BCUT2D eigenvalue weighted by Crippen LogP contribution is -2.41. The van der Waals surface area contributed by atoms with E-state index in [9.17, 15) is 4.79 Å². The zero-order chi connectivity index (χ0) is 15.8. The standard InChI is InChI=1S/C16H26N2O3/c1-5-6-9-13(17)16(19)18(2)11-12-8-7-10-14(20-3)15(12)21-4/h7-8,10,13H,5-6,9,11,17H2,1-4H3. The SMILES string of the molecule is CCCCC(N)C(=O)N(C)Cc1cccc(OC)c1OC. The van der Waals surface area contributed by atoms with Crippen molar-refractivity contribution in [2.75, 3.05) is 21.3 Å². The number of carbonyl (C=O) groups is 1. The van der Waals surface area contributed by atoms with Gasteiger partial charge in [-0.15, -0.1) is 0 Å². The number of unbranched alkanes of at least 4 members (excludes halogenated alkanes) is 1. The van der Waals surface area contributed by atoms with Crippen LogP contribution in [0.25, 0.3) is 0 Å². The lowest BCUT2D eigenvalue weighted by atomic mass is 10.1. The predicted molar refractivity (Wildman–Crippen MR) is 83.5 cm³/mol. The van der Waals surface area contributed by atoms with Gasteiger partial charge in [-0.2, -0.15) is 0 Å². The second-order valence-corrected chi connectivity index (χ2v) is 5.10. The van der Waals surface area contributed by atoms with Crippen molar-refractivity contribution >= 4 is 5.91 Å². The average Bonchev–Trinajstić information content (AvgIpc) is 2.51. The zero-order valence-electron chi connectivity index (χ0n) is 13.4. The van der Waals surface area contributed by atoms with Gasteiger partial charge in [0, 0.05) is 19.2 Å². The number of hydrogen-bond acceptors (Lipinski definition) is 4. The Bertz CT molecular complexity index is 463. The maximum atomic E-state index is 12.2. The molecule has 0 aliphatic rings. The van der Waals surface area contributed by atoms with Gasteiger partial charge in [-0.25, -0.2) is 0 Å². The molecule has 1 unspecified atom stereocenters. The summed E-state index contributed by atoms with van der Waals surface area (Å²) in [5.74, 6) is 1.27. The van der Waals surface area contributed by atoms with E-state index in [1.54, 1.807) is 26.2 Å². The number of likely N-dealkylation sites (N-methyl/N-ethyl adjacent to an activating group) is 1. The fraction of sp³-hybridized carbons (Fsp3) is 0.562. The zero-order valence-corrected chi connectivity index (χ0v) is 13.4. The summed E-state index contributed by atoms with van der Waals surface area (Å²) < 4.78 is 10.6. The first-order valence-electron chi connectivity index (χ1n) is 7.25. The van der Waals surface area contributed by atoms with Crippen molar-refractivity contribution in [1.29, 1.82) is 0 Å². The van der Waals surface area contributed by atoms with Gasteiger partial charge in [-0.1, -0.05) is 31.9 Å². The summed E-state index contributed by atoms with van der Waals surface area (Å²) in [6, 6.07) is 5.19. The quantitative estimate of drug-likeness (QED) is 0.798. The Morgan fingerprint density at radius 2 is 2.05 bits per heavy atom. The van der Waals surface area contributed by atoms with Gasteiger partial charge in [0.25, 0.3) is 0 Å². The molecule has 1 rings (SSSR count). The maximum Gasteiger partial charge on any atom is 0.239 e. The summed E-state index contributed by atoms with van der Waals surface area (Å²) in [4.78, 5) is 13.9. The van der Waals surface area contributed by atoms with E-state index in [0.29, 0.717) is 18.0 Å². The molecule has 0 radical (unpaired) electrons. The normalized spacial score (nSPS) is 11.9. The Kier molecular flexibility index (Phi) is 7.02. The lowest BCUT2D eigenvalue weighted by Gasteiger charge is -2.23. The summed E-state index contributed by atoms with van der Waals surface area (Å²) in [7, 11) is 4.94. The summed E-state index contributed by atoms with van der Waals surface area (Å²) in [5, 5.41) is 0. The molecule has 0 saturated heterocycles. The van der Waals surface area contributed by atoms with Gasteiger partial charge < -0.3 is 20.1 Å². The smallest absolute Gasteiger partial charge is 0.239 e. The molecule has 1 aromatic carbocycles. The van der Waals surface area contributed by atoms with Crippen molar-refractivity contribution in [3.63, 3.8) is 0 Å². The third kappa shape index (κ3) is 4.63. The summed E-state index contributed by atoms with van der Waals surface area (Å²) in [5.41, 5.74) is 6.84. The molecule has 2 N–H and O–H groups in total. The van der Waals surface area contributed by atoms with Crippen LogP contribution in [-0.4, -0.2) is 38.1 Å². The summed E-state index contributed by atoms with van der Waals surface area (Å²) >= 11 is 0. The highest BCUT2D eigenvalue weighted by Gasteiger charge is 2.19. The third-order valence-corrected chi connectivity index (χ3v) is 3.45. The van der Waals surface area contributed by atoms with Crippen molar-refractivity contribution in [3.8, 4) is 11.5 Å². The van der Waals surface area contributed by atoms with Crippen molar-refractivity contribution < 1.29 is 14.3 Å². The minimum absolute atomic E-state index is 0.0478. The van der Waals surface area contributed by atoms with E-state index in [1.165, 1.54) is 0 Å². The van der Waals surface area contributed by atoms with Crippen LogP contribution in [-0.2, 0) is 11.3 Å². The third-order valence-electron chi connectivity index (χ3n) is 3.45. The molecule has 0 aromatic heterocycles. The molecule has 0 heterocycles. The number of para-hydroxylation sites is 1. The fourth-order valence-electron chi connectivity index (χ4n) is 2.24. The van der Waals surface area contributed by atoms with Gasteiger partial charge in [-0.05, 0) is 12.5 Å². The van der Waals surface area contributed by atoms with Crippen molar-refractivity contribution in [3.05, 3.63) is 23.8 Å². The molecule has 0 aliphatic carbocycles. The van der Waals surface area contributed by atoms with E-state index in [0.717, 1.165) is 24.8 Å². The number of nitrogens with two attached hydrogens (primary N) is 1. The molecule has 0 bridgehead atoms. The number of carbonyl (C=O) groups excluding carboxylic acids is 1. The molecule has 0 aliphatic heterocycles. The minimum Gasteiger partial charge on any atom is -0.493 e. The molecule has 1 atom stereocenters. The first-order chi connectivity index (χ1) is 10.0. The molecular formula is C16H26N2O3. The number of rotatable bonds is 8. The van der Waals surface area contributed by atoms with E-state index in [2.05, 4.69) is 6.92 Å². The van der Waals surface area contributed by atoms with E-state index in [1.807, 2.05) is 18.2 Å². The van der Waals surface area contributed by atoms with Crippen molar-refractivity contribution in [2.45, 2.75) is 38.8 Å². The molecular weight excluding hydrogens is 268 g/mol. The number of hydrogen-bond donors (Lipinski definition) is 1. The molecule has 1 aromatic rings. The van der Waals surface area contributed by atoms with Gasteiger partial charge in [0.05, 0.1) is 20.3 Å². The van der Waals surface area contributed by atoms with Crippen molar-refractivity contribution in [1.82, 2.24) is 4.90 Å². The molecule has 5 heteroatoms. The van der Waals surface area contributed by atoms with E-state index >= 15 is 0 Å². The predicted octanol–water partition coefficient (Wildman–Crippen LogP) is 2.18. The van der Waals surface area contributed by atoms with E-state index in [4.69, 9.17) is 15.2 Å². The van der Waals surface area contributed by atoms with Crippen LogP contribution >= 0.6 is 0 Å². The summed E-state index contributed by atoms with van der Waals surface area (Å²) in [6.07, 6.45) is 2.71. The van der Waals surface area contributed by atoms with Crippen LogP contribution in [0.2, 0.25) is 0 Å². The Labute approximate surface area is 127 Å². The molecule has 118 valence electrons. The largest absolute Gasteiger partial charge is 0.493 e. The van der Waals surface area contributed by atoms with Crippen molar-refractivity contribution in [2.24, 2.45) is 5.73 Å². The Morgan fingerprint density at radius 3 is 2.62 bits per heavy atom. The molecule has 0 spiro atoms. The first kappa shape index (κ1) is 17.3. The second kappa shape index (κ2) is 8.52. The number of methoxy groups -OCH3 is 2. The highest BCUT2D eigenvalue weighted by atomic mass is 16.5. The van der Waals surface area contributed by atoms with Gasteiger partial charge in [0.2, 0.25) is 5.91 Å². The fourth-order valence-corrected chi connectivity index (χ4v) is 2.24. The molecule has 5 nitrogen and oxygen atoms in total. The number of benzene rings is 1. The van der Waals surface area contributed by atoms with Gasteiger partial charge in [-0.3, -0.25) is 4.79 Å². The van der Waals surface area contributed by atoms with Crippen LogP contribution in [0.3, 0.4) is 0 Å². The van der Waals surface area contributed by atoms with Crippen LogP contribution in [0.1, 0.15) is 31.7 Å². The van der Waals surface area contributed by atoms with Gasteiger partial charge in [0.15, 0.2) is 11.5 Å². The van der Waals surface area contributed by atoms with Gasteiger partial charge >= 0.3 is 0 Å². The minimum atomic E-state index is -0.438. The first-order valence-corrected chi connectivity index (χ1v) is 7.25. The molecule has 0 fully saturated rings. The average molecular weight is 294 g/mol. The van der Waals surface area contributed by atoms with Crippen LogP contribution in [0.5, 0.6) is 11.5 Å². The number of amides is 1. The Morgan fingerprint density at radius 1 is 1.33 bits per heavy atom. The molecule has 21 heavy (non-hydrogen) atoms. The number of ether oxygens (including phenoxy) is 2. The topological polar surface area (TPSA) is 64.8 Å². The Balaban J connectivity index is 2.78. The monoisotopic (exact) mass is 294 g/mol. The van der Waals surface area contributed by atoms with Crippen LogP contribution in [0.4, 0.5) is 0 Å². The Hall–Kier alpha value is -1.75. The molecule has 1 amide bonds. The maximum absolute atomic E-state index is 12.2. The van der Waals surface area contributed by atoms with Gasteiger partial charge in [0.1, 0.15) is 0 Å². The summed E-state index contributed by atoms with van der Waals surface area (Å²) in [6.45, 7) is 2.53. The van der Waals surface area contributed by atoms with E-state index < -0.39 is 6.04 Å². The highest BCUT2D eigenvalue weighted by molar-refractivity contribution is 5.81.